The molecule has 1 saturated heterocycles. The summed E-state index contributed by atoms with van der Waals surface area (Å²) in [5, 5.41) is 8.08. The summed E-state index contributed by atoms with van der Waals surface area (Å²) in [6.45, 7) is 7.74. The van der Waals surface area contributed by atoms with E-state index in [4.69, 9.17) is 9.47 Å². The molecule has 0 bridgehead atoms. The summed E-state index contributed by atoms with van der Waals surface area (Å²) >= 11 is 1.68. The van der Waals surface area contributed by atoms with Gasteiger partial charge in [-0.25, -0.2) is 0 Å². The molecule has 1 aromatic heterocycles. The van der Waals surface area contributed by atoms with Crippen molar-refractivity contribution in [1.29, 1.82) is 0 Å². The Morgan fingerprint density at radius 1 is 1.25 bits per heavy atom. The third-order valence-corrected chi connectivity index (χ3v) is 5.17. The number of ether oxygens (including phenoxy) is 2. The summed E-state index contributed by atoms with van der Waals surface area (Å²) < 4.78 is 11.7. The quantitative estimate of drug-likeness (QED) is 0.669. The van der Waals surface area contributed by atoms with Crippen LogP contribution < -0.4 is 10.6 Å². The maximum atomic E-state index is 12.6. The van der Waals surface area contributed by atoms with Crippen molar-refractivity contribution in [2.75, 3.05) is 6.54 Å². The number of carbonyl (C=O) groups is 1. The molecule has 2 aromatic rings. The lowest BCUT2D eigenvalue weighted by Gasteiger charge is -2.17. The number of rotatable bonds is 8. The third-order valence-electron chi connectivity index (χ3n) is 4.23. The molecule has 0 saturated carbocycles. The minimum Gasteiger partial charge on any atom is -0.362 e. The van der Waals surface area contributed by atoms with Gasteiger partial charge in [0.1, 0.15) is 0 Å². The second kappa shape index (κ2) is 9.14. The molecule has 1 amide bonds. The number of benzene rings is 1. The average Bonchev–Trinajstić information content (AvgIpc) is 3.30. The highest BCUT2D eigenvalue weighted by atomic mass is 32.1. The Labute approximate surface area is 169 Å². The van der Waals surface area contributed by atoms with Gasteiger partial charge in [-0.3, -0.25) is 9.79 Å². The smallest absolute Gasteiger partial charge is 0.254 e. The van der Waals surface area contributed by atoms with Crippen LogP contribution in [-0.2, 0) is 20.7 Å². The van der Waals surface area contributed by atoms with Crippen molar-refractivity contribution >= 4 is 29.7 Å². The minimum absolute atomic E-state index is 0.208. The van der Waals surface area contributed by atoms with E-state index in [2.05, 4.69) is 28.4 Å². The first kappa shape index (κ1) is 20.3. The molecule has 6 nitrogen and oxygen atoms in total. The van der Waals surface area contributed by atoms with Gasteiger partial charge in [0.05, 0.1) is 5.70 Å². The van der Waals surface area contributed by atoms with Crippen LogP contribution in [0.25, 0.3) is 5.70 Å². The van der Waals surface area contributed by atoms with Crippen molar-refractivity contribution in [2.45, 2.75) is 38.4 Å². The molecule has 0 aliphatic carbocycles. The van der Waals surface area contributed by atoms with Gasteiger partial charge in [-0.15, -0.1) is 11.3 Å². The van der Waals surface area contributed by atoms with Crippen molar-refractivity contribution in [1.82, 2.24) is 10.6 Å². The fraction of sp³-hybridized carbons (Fsp3) is 0.333. The van der Waals surface area contributed by atoms with Gasteiger partial charge in [0.15, 0.2) is 18.1 Å². The lowest BCUT2D eigenvalue weighted by Crippen LogP contribution is -2.46. The first-order chi connectivity index (χ1) is 13.5. The van der Waals surface area contributed by atoms with Gasteiger partial charge in [0.2, 0.25) is 0 Å². The van der Waals surface area contributed by atoms with Crippen LogP contribution in [0.15, 0.2) is 59.0 Å². The van der Waals surface area contributed by atoms with E-state index in [1.165, 1.54) is 4.88 Å². The number of hydrogen-bond acceptors (Lipinski definition) is 6. The van der Waals surface area contributed by atoms with Crippen molar-refractivity contribution < 1.29 is 14.3 Å². The first-order valence-corrected chi connectivity index (χ1v) is 10.0. The largest absolute Gasteiger partial charge is 0.362 e. The Kier molecular flexibility index (Phi) is 6.61. The number of carbonyl (C=O) groups excluding carboxylic acids is 1. The lowest BCUT2D eigenvalue weighted by molar-refractivity contribution is -0.156. The normalized spacial score (nSPS) is 21.3. The lowest BCUT2D eigenvalue weighted by atomic mass is 10.2. The second-order valence-electron chi connectivity index (χ2n) is 6.82. The second-order valence-corrected chi connectivity index (χ2v) is 7.85. The van der Waals surface area contributed by atoms with Gasteiger partial charge in [0.25, 0.3) is 5.91 Å². The summed E-state index contributed by atoms with van der Waals surface area (Å²) in [6, 6.07) is 13.7. The zero-order chi connectivity index (χ0) is 20.0. The molecule has 2 N–H and O–H groups in total. The minimum atomic E-state index is -0.865. The van der Waals surface area contributed by atoms with E-state index in [1.54, 1.807) is 31.4 Å². The van der Waals surface area contributed by atoms with Crippen LogP contribution in [0.2, 0.25) is 0 Å². The predicted molar refractivity (Wildman–Crippen MR) is 112 cm³/mol. The Balaban J connectivity index is 1.63. The Bertz CT molecular complexity index is 819. The SMILES string of the molecule is C=N/C(=C\NC1OC(C)(C)O[C@H]1C(=O)NCCc1cccs1)c1ccccc1. The summed E-state index contributed by atoms with van der Waals surface area (Å²) in [5.74, 6) is -1.07. The van der Waals surface area contributed by atoms with E-state index < -0.39 is 18.1 Å². The summed E-state index contributed by atoms with van der Waals surface area (Å²) in [7, 11) is 0. The summed E-state index contributed by atoms with van der Waals surface area (Å²) in [6.07, 6.45) is 1.09. The molecule has 28 heavy (non-hydrogen) atoms. The highest BCUT2D eigenvalue weighted by molar-refractivity contribution is 7.09. The maximum absolute atomic E-state index is 12.6. The van der Waals surface area contributed by atoms with Gasteiger partial charge < -0.3 is 20.1 Å². The molecular formula is C21H25N3O3S. The number of nitrogens with one attached hydrogen (secondary N) is 2. The number of hydrogen-bond donors (Lipinski definition) is 2. The van der Waals surface area contributed by atoms with Crippen LogP contribution in [-0.4, -0.2) is 37.3 Å². The topological polar surface area (TPSA) is 72.0 Å². The van der Waals surface area contributed by atoms with Crippen molar-refractivity contribution in [2.24, 2.45) is 4.99 Å². The number of nitrogens with zero attached hydrogens (tertiary/aromatic N) is 1. The van der Waals surface area contributed by atoms with E-state index in [-0.39, 0.29) is 5.91 Å². The average molecular weight is 400 g/mol. The van der Waals surface area contributed by atoms with E-state index in [0.717, 1.165) is 12.0 Å². The van der Waals surface area contributed by atoms with Crippen LogP contribution in [0.5, 0.6) is 0 Å². The zero-order valence-corrected chi connectivity index (χ0v) is 16.9. The molecular weight excluding hydrogens is 374 g/mol. The Morgan fingerprint density at radius 2 is 2.04 bits per heavy atom. The molecule has 2 atom stereocenters. The van der Waals surface area contributed by atoms with Gasteiger partial charge in [0, 0.05) is 23.2 Å². The van der Waals surface area contributed by atoms with E-state index in [9.17, 15) is 4.79 Å². The first-order valence-electron chi connectivity index (χ1n) is 9.12. The van der Waals surface area contributed by atoms with Crippen molar-refractivity contribution in [3.05, 3.63) is 64.5 Å². The van der Waals surface area contributed by atoms with Crippen LogP contribution in [0, 0.1) is 0 Å². The third kappa shape index (κ3) is 5.28. The molecule has 1 fully saturated rings. The molecule has 7 heteroatoms. The van der Waals surface area contributed by atoms with Gasteiger partial charge in [-0.05, 0) is 38.4 Å². The predicted octanol–water partition coefficient (Wildman–Crippen LogP) is 3.17. The van der Waals surface area contributed by atoms with Crippen molar-refractivity contribution in [3.8, 4) is 0 Å². The van der Waals surface area contributed by atoms with E-state index >= 15 is 0 Å². The fourth-order valence-electron chi connectivity index (χ4n) is 2.93. The molecule has 3 rings (SSSR count). The number of amides is 1. The molecule has 1 aliphatic heterocycles. The molecule has 0 spiro atoms. The van der Waals surface area contributed by atoms with Crippen LogP contribution in [0.1, 0.15) is 24.3 Å². The molecule has 148 valence electrons. The summed E-state index contributed by atoms with van der Waals surface area (Å²) in [5.41, 5.74) is 1.57. The summed E-state index contributed by atoms with van der Waals surface area (Å²) in [4.78, 5) is 17.9. The van der Waals surface area contributed by atoms with E-state index in [1.807, 2.05) is 41.8 Å². The molecule has 0 radical (unpaired) electrons. The van der Waals surface area contributed by atoms with Crippen LogP contribution in [0.4, 0.5) is 0 Å². The Morgan fingerprint density at radius 3 is 2.71 bits per heavy atom. The zero-order valence-electron chi connectivity index (χ0n) is 16.1. The number of thiophene rings is 1. The van der Waals surface area contributed by atoms with Gasteiger partial charge in [-0.1, -0.05) is 36.4 Å². The highest BCUT2D eigenvalue weighted by Crippen LogP contribution is 2.27. The maximum Gasteiger partial charge on any atom is 0.254 e. The fourth-order valence-corrected chi connectivity index (χ4v) is 3.64. The van der Waals surface area contributed by atoms with Gasteiger partial charge in [-0.2, -0.15) is 0 Å². The molecule has 1 unspecified atom stereocenters. The Hall–Kier alpha value is -2.48. The van der Waals surface area contributed by atoms with E-state index in [0.29, 0.717) is 12.2 Å². The van der Waals surface area contributed by atoms with Crippen molar-refractivity contribution in [3.63, 3.8) is 0 Å². The van der Waals surface area contributed by atoms with Gasteiger partial charge >= 0.3 is 0 Å². The molecule has 2 heterocycles. The molecule has 1 aromatic carbocycles. The molecule has 1 aliphatic rings. The highest BCUT2D eigenvalue weighted by Gasteiger charge is 2.45. The van der Waals surface area contributed by atoms with Crippen LogP contribution in [0.3, 0.4) is 0 Å². The monoisotopic (exact) mass is 399 g/mol. The van der Waals surface area contributed by atoms with Crippen LogP contribution >= 0.6 is 11.3 Å². The standard InChI is InChI=1S/C21H25N3O3S/c1-21(2)26-18(19(25)23-12-11-16-10-7-13-28-16)20(27-21)24-14-17(22-3)15-8-5-4-6-9-15/h4-10,13-14,18,20,24H,3,11-12H2,1-2H3,(H,23,25)/b17-14-/t18-,20?/m0/s1. The number of aliphatic imine (C=N–C) groups is 1.